The molecule has 1 amide bonds. The van der Waals surface area contributed by atoms with Crippen molar-refractivity contribution in [1.29, 1.82) is 0 Å². The van der Waals surface area contributed by atoms with Gasteiger partial charge in [-0.25, -0.2) is 4.79 Å². The molecule has 2 heterocycles. The van der Waals surface area contributed by atoms with Gasteiger partial charge < -0.3 is 9.64 Å². The summed E-state index contributed by atoms with van der Waals surface area (Å²) in [4.78, 5) is 18.9. The zero-order chi connectivity index (χ0) is 17.2. The fourth-order valence-electron chi connectivity index (χ4n) is 3.16. The largest absolute Gasteiger partial charge is 0.415 e. The maximum Gasteiger partial charge on any atom is 0.415 e. The Morgan fingerprint density at radius 1 is 1.00 bits per heavy atom. The van der Waals surface area contributed by atoms with Gasteiger partial charge in [0.25, 0.3) is 0 Å². The molecule has 0 fully saturated rings. The van der Waals surface area contributed by atoms with E-state index in [1.807, 2.05) is 42.5 Å². The Labute approximate surface area is 151 Å². The molecule has 25 heavy (non-hydrogen) atoms. The summed E-state index contributed by atoms with van der Waals surface area (Å²) in [5, 5.41) is 1.71. The van der Waals surface area contributed by atoms with Crippen molar-refractivity contribution in [2.75, 3.05) is 13.1 Å². The van der Waals surface area contributed by atoms with E-state index in [0.29, 0.717) is 31.7 Å². The second-order valence-electron chi connectivity index (χ2n) is 6.04. The van der Waals surface area contributed by atoms with Gasteiger partial charge in [0.1, 0.15) is 5.75 Å². The Hall–Kier alpha value is -2.59. The Morgan fingerprint density at radius 2 is 1.72 bits per heavy atom. The summed E-state index contributed by atoms with van der Waals surface area (Å²) in [6.45, 7) is 1.14. The molecule has 0 atom stereocenters. The van der Waals surface area contributed by atoms with Gasteiger partial charge in [0, 0.05) is 30.6 Å². The number of aromatic nitrogens is 1. The number of nitrogens with zero attached hydrogens (tertiary/aromatic N) is 2. The first-order valence-electron chi connectivity index (χ1n) is 8.30. The van der Waals surface area contributed by atoms with E-state index in [1.54, 1.807) is 17.0 Å². The van der Waals surface area contributed by atoms with Gasteiger partial charge in [-0.3, -0.25) is 4.98 Å². The second kappa shape index (κ2) is 6.73. The minimum Gasteiger partial charge on any atom is -0.410 e. The molecular weight excluding hydrogens is 336 g/mol. The number of carbonyl (C=O) groups is 1. The lowest BCUT2D eigenvalue weighted by Crippen LogP contribution is -2.35. The van der Waals surface area contributed by atoms with Crippen LogP contribution in [-0.4, -0.2) is 29.1 Å². The topological polar surface area (TPSA) is 42.4 Å². The summed E-state index contributed by atoms with van der Waals surface area (Å²) in [5.41, 5.74) is 2.90. The van der Waals surface area contributed by atoms with Gasteiger partial charge in [-0.1, -0.05) is 48.0 Å². The molecule has 0 saturated heterocycles. The molecule has 0 unspecified atom stereocenters. The van der Waals surface area contributed by atoms with Crippen LogP contribution in [0, 0.1) is 0 Å². The summed E-state index contributed by atoms with van der Waals surface area (Å²) in [6.07, 6.45) is 1.01. The Kier molecular flexibility index (Phi) is 4.28. The zero-order valence-electron chi connectivity index (χ0n) is 13.6. The zero-order valence-corrected chi connectivity index (χ0v) is 14.4. The lowest BCUT2D eigenvalue weighted by Gasteiger charge is -2.19. The van der Waals surface area contributed by atoms with E-state index < -0.39 is 0 Å². The van der Waals surface area contributed by atoms with Gasteiger partial charge in [0.2, 0.25) is 0 Å². The van der Waals surface area contributed by atoms with E-state index in [4.69, 9.17) is 21.3 Å². The smallest absolute Gasteiger partial charge is 0.410 e. The highest BCUT2D eigenvalue weighted by Crippen LogP contribution is 2.30. The van der Waals surface area contributed by atoms with Crippen molar-refractivity contribution in [2.45, 2.75) is 12.8 Å². The van der Waals surface area contributed by atoms with E-state index in [2.05, 4.69) is 0 Å². The standard InChI is InChI=1S/C20H17ClN2O2/c21-19-15-8-4-5-9-17(15)22-18-11-13-23(12-10-16(18)19)20(24)25-14-6-2-1-3-7-14/h1-9H,10-13H2. The highest BCUT2D eigenvalue weighted by Gasteiger charge is 2.23. The summed E-state index contributed by atoms with van der Waals surface area (Å²) >= 11 is 6.61. The first-order valence-corrected chi connectivity index (χ1v) is 8.68. The Morgan fingerprint density at radius 3 is 2.56 bits per heavy atom. The molecule has 2 aromatic carbocycles. The van der Waals surface area contributed by atoms with Gasteiger partial charge in [-0.2, -0.15) is 0 Å². The molecule has 4 nitrogen and oxygen atoms in total. The first kappa shape index (κ1) is 15.9. The number of ether oxygens (including phenoxy) is 1. The van der Waals surface area contributed by atoms with Gasteiger partial charge in [-0.15, -0.1) is 0 Å². The molecular formula is C20H17ClN2O2. The number of halogens is 1. The second-order valence-corrected chi connectivity index (χ2v) is 6.41. The number of para-hydroxylation sites is 2. The summed E-state index contributed by atoms with van der Waals surface area (Å²) in [6, 6.07) is 17.0. The fourth-order valence-corrected chi connectivity index (χ4v) is 3.52. The average Bonchev–Trinajstić information content (AvgIpc) is 2.86. The number of fused-ring (bicyclic) bond motifs is 2. The predicted octanol–water partition coefficient (Wildman–Crippen LogP) is 4.49. The molecule has 3 aromatic rings. The van der Waals surface area contributed by atoms with Crippen molar-refractivity contribution in [3.8, 4) is 5.75 Å². The number of rotatable bonds is 1. The SMILES string of the molecule is O=C(Oc1ccccc1)N1CCc2nc3ccccc3c(Cl)c2CC1. The van der Waals surface area contributed by atoms with Crippen LogP contribution in [0.4, 0.5) is 4.79 Å². The van der Waals surface area contributed by atoms with Crippen LogP contribution in [0.3, 0.4) is 0 Å². The van der Waals surface area contributed by atoms with Crippen molar-refractivity contribution in [3.05, 3.63) is 70.9 Å². The molecule has 126 valence electrons. The number of amides is 1. The molecule has 1 aliphatic heterocycles. The molecule has 1 aromatic heterocycles. The van der Waals surface area contributed by atoms with E-state index in [0.717, 1.165) is 27.2 Å². The maximum atomic E-state index is 12.4. The highest BCUT2D eigenvalue weighted by molar-refractivity contribution is 6.36. The molecule has 0 aliphatic carbocycles. The van der Waals surface area contributed by atoms with Gasteiger partial charge in [0.15, 0.2) is 0 Å². The number of pyridine rings is 1. The number of benzene rings is 2. The third-order valence-electron chi connectivity index (χ3n) is 4.47. The van der Waals surface area contributed by atoms with Gasteiger partial charge in [-0.05, 0) is 30.2 Å². The molecule has 1 aliphatic rings. The van der Waals surface area contributed by atoms with Crippen molar-refractivity contribution < 1.29 is 9.53 Å². The van der Waals surface area contributed by atoms with Crippen molar-refractivity contribution >= 4 is 28.6 Å². The van der Waals surface area contributed by atoms with Crippen molar-refractivity contribution in [2.24, 2.45) is 0 Å². The third kappa shape index (κ3) is 3.17. The van der Waals surface area contributed by atoms with Crippen LogP contribution in [0.2, 0.25) is 5.02 Å². The average molecular weight is 353 g/mol. The third-order valence-corrected chi connectivity index (χ3v) is 4.90. The quantitative estimate of drug-likeness (QED) is 0.648. The van der Waals surface area contributed by atoms with E-state index in [1.165, 1.54) is 0 Å². The summed E-state index contributed by atoms with van der Waals surface area (Å²) in [7, 11) is 0. The van der Waals surface area contributed by atoms with Crippen molar-refractivity contribution in [1.82, 2.24) is 9.88 Å². The molecule has 5 heteroatoms. The normalized spacial score (nSPS) is 14.0. The maximum absolute atomic E-state index is 12.4. The van der Waals surface area contributed by atoms with Crippen molar-refractivity contribution in [3.63, 3.8) is 0 Å². The van der Waals surface area contributed by atoms with E-state index in [-0.39, 0.29) is 6.09 Å². The summed E-state index contributed by atoms with van der Waals surface area (Å²) < 4.78 is 5.45. The fraction of sp³-hybridized carbons (Fsp3) is 0.200. The van der Waals surface area contributed by atoms with Crippen LogP contribution in [0.5, 0.6) is 5.75 Å². The molecule has 0 N–H and O–H groups in total. The number of carbonyl (C=O) groups excluding carboxylic acids is 1. The predicted molar refractivity (Wildman–Crippen MR) is 98.2 cm³/mol. The molecule has 0 radical (unpaired) electrons. The van der Waals surface area contributed by atoms with Crippen LogP contribution >= 0.6 is 11.6 Å². The van der Waals surface area contributed by atoms with Crippen LogP contribution in [0.1, 0.15) is 11.3 Å². The minimum absolute atomic E-state index is 0.334. The Bertz CT molecular complexity index is 928. The molecule has 0 bridgehead atoms. The Balaban J connectivity index is 1.56. The summed E-state index contributed by atoms with van der Waals surface area (Å²) in [5.74, 6) is 0.552. The van der Waals surface area contributed by atoms with Gasteiger partial charge >= 0.3 is 6.09 Å². The lowest BCUT2D eigenvalue weighted by atomic mass is 10.1. The molecule has 0 spiro atoms. The monoisotopic (exact) mass is 352 g/mol. The highest BCUT2D eigenvalue weighted by atomic mass is 35.5. The minimum atomic E-state index is -0.334. The number of hydrogen-bond acceptors (Lipinski definition) is 3. The molecule has 0 saturated carbocycles. The molecule has 4 rings (SSSR count). The van der Waals surface area contributed by atoms with Gasteiger partial charge in [0.05, 0.1) is 10.5 Å². The first-order chi connectivity index (χ1) is 12.2. The van der Waals surface area contributed by atoms with E-state index in [9.17, 15) is 4.79 Å². The number of hydrogen-bond donors (Lipinski definition) is 0. The lowest BCUT2D eigenvalue weighted by molar-refractivity contribution is 0.154. The van der Waals surface area contributed by atoms with Crippen LogP contribution in [-0.2, 0) is 12.8 Å². The van der Waals surface area contributed by atoms with Crippen LogP contribution in [0.15, 0.2) is 54.6 Å². The van der Waals surface area contributed by atoms with Crippen LogP contribution < -0.4 is 4.74 Å². The van der Waals surface area contributed by atoms with Crippen LogP contribution in [0.25, 0.3) is 10.9 Å². The van der Waals surface area contributed by atoms with E-state index >= 15 is 0 Å².